The number of nitrogens with zero attached hydrogens (tertiary/aromatic N) is 2. The number of unbranched alkanes of at least 4 members (excludes halogenated alkanes) is 1. The summed E-state index contributed by atoms with van der Waals surface area (Å²) in [6.45, 7) is 4.60. The largest absolute Gasteiger partial charge is 0.377 e. The number of amides is 1. The van der Waals surface area contributed by atoms with Gasteiger partial charge in [-0.3, -0.25) is 4.79 Å². The van der Waals surface area contributed by atoms with Crippen LogP contribution in [-0.2, 0) is 16.1 Å². The van der Waals surface area contributed by atoms with Crippen molar-refractivity contribution in [3.8, 4) is 0 Å². The van der Waals surface area contributed by atoms with Crippen LogP contribution in [0.2, 0.25) is 0 Å². The number of methoxy groups -OCH3 is 1. The average Bonchev–Trinajstić information content (AvgIpc) is 2.78. The predicted molar refractivity (Wildman–Crippen MR) is 72.6 cm³/mol. The molecule has 1 rings (SSSR count). The maximum absolute atomic E-state index is 12.0. The van der Waals surface area contributed by atoms with Gasteiger partial charge in [0.25, 0.3) is 0 Å². The fourth-order valence-corrected chi connectivity index (χ4v) is 2.38. The second kappa shape index (κ2) is 8.16. The third-order valence-corrected chi connectivity index (χ3v) is 3.55. The van der Waals surface area contributed by atoms with E-state index >= 15 is 0 Å². The summed E-state index contributed by atoms with van der Waals surface area (Å²) in [5.41, 5.74) is 0. The van der Waals surface area contributed by atoms with Crippen LogP contribution >= 0.6 is 11.3 Å². The Kier molecular flexibility index (Phi) is 6.82. The predicted octanol–water partition coefficient (Wildman–Crippen LogP) is 2.84. The van der Waals surface area contributed by atoms with E-state index in [0.717, 1.165) is 30.7 Å². The second-order valence-corrected chi connectivity index (χ2v) is 5.23. The van der Waals surface area contributed by atoms with Gasteiger partial charge in [0.05, 0.1) is 0 Å². The van der Waals surface area contributed by atoms with Crippen LogP contribution in [0.5, 0.6) is 0 Å². The van der Waals surface area contributed by atoms with Crippen LogP contribution in [0.15, 0.2) is 0 Å². The molecule has 0 aliphatic heterocycles. The maximum Gasteiger partial charge on any atom is 0.229 e. The molecule has 0 saturated carbocycles. The lowest BCUT2D eigenvalue weighted by molar-refractivity contribution is -0.120. The summed E-state index contributed by atoms with van der Waals surface area (Å²) >= 11 is 1.36. The molecular weight excluding hydrogens is 250 g/mol. The number of rotatable bonds is 8. The SMILES string of the molecule is CCCC[C@H](CC)C(=O)Nc1nnc(COC)s1. The molecule has 1 aromatic heterocycles. The van der Waals surface area contributed by atoms with E-state index in [2.05, 4.69) is 22.4 Å². The summed E-state index contributed by atoms with van der Waals surface area (Å²) in [6.07, 6.45) is 3.98. The summed E-state index contributed by atoms with van der Waals surface area (Å²) < 4.78 is 4.96. The Labute approximate surface area is 112 Å². The van der Waals surface area contributed by atoms with Crippen molar-refractivity contribution in [3.63, 3.8) is 0 Å². The number of hydrogen-bond acceptors (Lipinski definition) is 5. The summed E-state index contributed by atoms with van der Waals surface area (Å²) in [5.74, 6) is 0.116. The van der Waals surface area contributed by atoms with Gasteiger partial charge >= 0.3 is 0 Å². The van der Waals surface area contributed by atoms with E-state index < -0.39 is 0 Å². The van der Waals surface area contributed by atoms with E-state index in [-0.39, 0.29) is 11.8 Å². The van der Waals surface area contributed by atoms with Crippen LogP contribution in [0.25, 0.3) is 0 Å². The highest BCUT2D eigenvalue weighted by atomic mass is 32.1. The minimum atomic E-state index is 0.0473. The van der Waals surface area contributed by atoms with Gasteiger partial charge in [-0.25, -0.2) is 0 Å². The lowest BCUT2D eigenvalue weighted by Gasteiger charge is -2.12. The first kappa shape index (κ1) is 15.0. The Morgan fingerprint density at radius 2 is 2.22 bits per heavy atom. The summed E-state index contributed by atoms with van der Waals surface area (Å²) in [4.78, 5) is 12.0. The Bertz CT molecular complexity index is 368. The quantitative estimate of drug-likeness (QED) is 0.789. The third kappa shape index (κ3) is 4.70. The Morgan fingerprint density at radius 1 is 1.44 bits per heavy atom. The number of ether oxygens (including phenoxy) is 1. The first-order valence-electron chi connectivity index (χ1n) is 6.33. The van der Waals surface area contributed by atoms with Gasteiger partial charge in [0, 0.05) is 13.0 Å². The molecule has 1 atom stereocenters. The molecule has 1 amide bonds. The Balaban J connectivity index is 2.50. The molecule has 0 spiro atoms. The molecule has 1 heterocycles. The van der Waals surface area contributed by atoms with Crippen LogP contribution in [0.1, 0.15) is 44.5 Å². The average molecular weight is 271 g/mol. The van der Waals surface area contributed by atoms with Gasteiger partial charge < -0.3 is 10.1 Å². The standard InChI is InChI=1S/C12H21N3O2S/c1-4-6-7-9(5-2)11(16)13-12-15-14-10(18-12)8-17-3/h9H,4-8H2,1-3H3,(H,13,15,16)/t9-/m0/s1. The lowest BCUT2D eigenvalue weighted by Crippen LogP contribution is -2.22. The highest BCUT2D eigenvalue weighted by Crippen LogP contribution is 2.19. The summed E-state index contributed by atoms with van der Waals surface area (Å²) in [6, 6.07) is 0. The number of aromatic nitrogens is 2. The minimum Gasteiger partial charge on any atom is -0.377 e. The van der Waals surface area contributed by atoms with Crippen LogP contribution in [-0.4, -0.2) is 23.2 Å². The molecule has 5 nitrogen and oxygen atoms in total. The van der Waals surface area contributed by atoms with Crippen LogP contribution < -0.4 is 5.32 Å². The van der Waals surface area contributed by atoms with E-state index in [1.807, 2.05) is 6.92 Å². The monoisotopic (exact) mass is 271 g/mol. The summed E-state index contributed by atoms with van der Waals surface area (Å²) in [5, 5.41) is 12.0. The molecule has 102 valence electrons. The van der Waals surface area contributed by atoms with Gasteiger partial charge in [0.15, 0.2) is 0 Å². The highest BCUT2D eigenvalue weighted by Gasteiger charge is 2.17. The fourth-order valence-electron chi connectivity index (χ4n) is 1.66. The molecule has 0 saturated heterocycles. The number of carbonyl (C=O) groups excluding carboxylic acids is 1. The minimum absolute atomic E-state index is 0.0473. The number of carbonyl (C=O) groups is 1. The van der Waals surface area contributed by atoms with E-state index in [1.165, 1.54) is 11.3 Å². The van der Waals surface area contributed by atoms with Crippen molar-refractivity contribution in [2.24, 2.45) is 5.92 Å². The van der Waals surface area contributed by atoms with E-state index in [4.69, 9.17) is 4.74 Å². The Hall–Kier alpha value is -1.01. The van der Waals surface area contributed by atoms with Gasteiger partial charge in [0.2, 0.25) is 11.0 Å². The molecule has 1 N–H and O–H groups in total. The topological polar surface area (TPSA) is 64.1 Å². The molecule has 0 aliphatic rings. The molecule has 0 radical (unpaired) electrons. The molecular formula is C12H21N3O2S. The molecule has 1 aromatic rings. The van der Waals surface area contributed by atoms with E-state index in [1.54, 1.807) is 7.11 Å². The maximum atomic E-state index is 12.0. The van der Waals surface area contributed by atoms with Crippen LogP contribution in [0, 0.1) is 5.92 Å². The summed E-state index contributed by atoms with van der Waals surface area (Å²) in [7, 11) is 1.61. The molecule has 0 bridgehead atoms. The van der Waals surface area contributed by atoms with Crippen molar-refractivity contribution >= 4 is 22.4 Å². The van der Waals surface area contributed by atoms with Crippen molar-refractivity contribution in [1.29, 1.82) is 0 Å². The van der Waals surface area contributed by atoms with Crippen molar-refractivity contribution in [3.05, 3.63) is 5.01 Å². The molecule has 0 unspecified atom stereocenters. The van der Waals surface area contributed by atoms with Gasteiger partial charge in [-0.2, -0.15) is 0 Å². The van der Waals surface area contributed by atoms with Crippen LogP contribution in [0.3, 0.4) is 0 Å². The molecule has 0 fully saturated rings. The molecule has 6 heteroatoms. The molecule has 0 aromatic carbocycles. The van der Waals surface area contributed by atoms with Crippen molar-refractivity contribution in [2.75, 3.05) is 12.4 Å². The first-order valence-corrected chi connectivity index (χ1v) is 7.15. The number of anilines is 1. The fraction of sp³-hybridized carbons (Fsp3) is 0.750. The number of nitrogens with one attached hydrogen (secondary N) is 1. The smallest absolute Gasteiger partial charge is 0.229 e. The highest BCUT2D eigenvalue weighted by molar-refractivity contribution is 7.15. The van der Waals surface area contributed by atoms with Crippen molar-refractivity contribution in [2.45, 2.75) is 46.1 Å². The van der Waals surface area contributed by atoms with Crippen molar-refractivity contribution < 1.29 is 9.53 Å². The zero-order chi connectivity index (χ0) is 13.4. The Morgan fingerprint density at radius 3 is 2.83 bits per heavy atom. The van der Waals surface area contributed by atoms with Gasteiger partial charge in [0.1, 0.15) is 11.6 Å². The normalized spacial score (nSPS) is 12.4. The van der Waals surface area contributed by atoms with Crippen molar-refractivity contribution in [1.82, 2.24) is 10.2 Å². The van der Waals surface area contributed by atoms with Gasteiger partial charge in [-0.1, -0.05) is 38.0 Å². The van der Waals surface area contributed by atoms with Crippen LogP contribution in [0.4, 0.5) is 5.13 Å². The number of hydrogen-bond donors (Lipinski definition) is 1. The zero-order valence-corrected chi connectivity index (χ0v) is 12.0. The second-order valence-electron chi connectivity index (χ2n) is 4.17. The third-order valence-electron chi connectivity index (χ3n) is 2.73. The first-order chi connectivity index (χ1) is 8.71. The van der Waals surface area contributed by atoms with E-state index in [9.17, 15) is 4.79 Å². The lowest BCUT2D eigenvalue weighted by atomic mass is 9.99. The zero-order valence-electron chi connectivity index (χ0n) is 11.2. The van der Waals surface area contributed by atoms with Gasteiger partial charge in [-0.05, 0) is 12.8 Å². The molecule has 18 heavy (non-hydrogen) atoms. The molecule has 0 aliphatic carbocycles. The van der Waals surface area contributed by atoms with Gasteiger partial charge in [-0.15, -0.1) is 10.2 Å². The van der Waals surface area contributed by atoms with E-state index in [0.29, 0.717) is 11.7 Å².